The Balaban J connectivity index is 2.08. The Morgan fingerprint density at radius 1 is 1.40 bits per heavy atom. The van der Waals surface area contributed by atoms with Crippen molar-refractivity contribution in [2.24, 2.45) is 0 Å². The van der Waals surface area contributed by atoms with E-state index in [4.69, 9.17) is 0 Å². The summed E-state index contributed by atoms with van der Waals surface area (Å²) in [6, 6.07) is 0. The van der Waals surface area contributed by atoms with Gasteiger partial charge in [-0.15, -0.1) is 0 Å². The monoisotopic (exact) mass is 222 g/mol. The van der Waals surface area contributed by atoms with Gasteiger partial charge < -0.3 is 0 Å². The molecule has 0 bridgehead atoms. The van der Waals surface area contributed by atoms with Crippen molar-refractivity contribution in [3.8, 4) is 0 Å². The zero-order valence-electron chi connectivity index (χ0n) is 9.14. The molecule has 0 aromatic carbocycles. The molecule has 0 heterocycles. The van der Waals surface area contributed by atoms with Gasteiger partial charge in [-0.25, -0.2) is 0 Å². The van der Waals surface area contributed by atoms with Crippen LogP contribution in [0.15, 0.2) is 45.4 Å². The standard InChI is InChI=1S/C13H15FS/c1-3-13(15-14)8-10-6-11-4-9(2)5-12(11)7-10/h3-4,8H,5-7H2,1-2H3/b10-8+,13-3+. The summed E-state index contributed by atoms with van der Waals surface area (Å²) in [5.74, 6) is 0. The van der Waals surface area contributed by atoms with Crippen LogP contribution >= 0.6 is 12.1 Å². The van der Waals surface area contributed by atoms with Crippen LogP contribution in [0.5, 0.6) is 0 Å². The normalized spacial score (nSPS) is 23.8. The zero-order chi connectivity index (χ0) is 10.8. The number of halogens is 1. The van der Waals surface area contributed by atoms with Crippen molar-refractivity contribution in [3.05, 3.63) is 45.4 Å². The fourth-order valence-electron chi connectivity index (χ4n) is 2.29. The molecule has 0 atom stereocenters. The largest absolute Gasteiger partial charge is 0.160 e. The van der Waals surface area contributed by atoms with Crippen LogP contribution in [-0.4, -0.2) is 0 Å². The van der Waals surface area contributed by atoms with Crippen LogP contribution in [0.4, 0.5) is 3.89 Å². The van der Waals surface area contributed by atoms with E-state index in [1.54, 1.807) is 0 Å². The molecule has 2 aliphatic carbocycles. The summed E-state index contributed by atoms with van der Waals surface area (Å²) in [6.07, 6.45) is 9.29. The first-order valence-corrected chi connectivity index (χ1v) is 5.97. The molecule has 0 nitrogen and oxygen atoms in total. The first-order chi connectivity index (χ1) is 7.22. The Hall–Kier alpha value is -0.760. The van der Waals surface area contributed by atoms with E-state index < -0.39 is 0 Å². The molecule has 0 fully saturated rings. The van der Waals surface area contributed by atoms with Crippen LogP contribution in [0, 0.1) is 0 Å². The van der Waals surface area contributed by atoms with Gasteiger partial charge in [0.15, 0.2) is 0 Å². The SMILES string of the molecule is C/C=C(\C=C1/CC2=C(CC(C)=C2)C1)SF. The molecule has 0 saturated carbocycles. The van der Waals surface area contributed by atoms with Gasteiger partial charge in [-0.05, 0) is 44.8 Å². The van der Waals surface area contributed by atoms with E-state index in [0.29, 0.717) is 12.1 Å². The summed E-state index contributed by atoms with van der Waals surface area (Å²) >= 11 is 0.336. The first-order valence-electron chi connectivity index (χ1n) is 5.25. The summed E-state index contributed by atoms with van der Waals surface area (Å²) in [5, 5.41) is 0. The topological polar surface area (TPSA) is 0 Å². The van der Waals surface area contributed by atoms with Crippen LogP contribution in [0.3, 0.4) is 0 Å². The van der Waals surface area contributed by atoms with Crippen molar-refractivity contribution in [3.63, 3.8) is 0 Å². The van der Waals surface area contributed by atoms with Gasteiger partial charge in [0.05, 0.1) is 12.1 Å². The Morgan fingerprint density at radius 2 is 2.20 bits per heavy atom. The second-order valence-corrected chi connectivity index (χ2v) is 4.85. The summed E-state index contributed by atoms with van der Waals surface area (Å²) in [4.78, 5) is 0.729. The fraction of sp³-hybridized carbons (Fsp3) is 0.385. The maximum Gasteiger partial charge on any atom is 0.0808 e. The molecule has 0 aromatic heterocycles. The van der Waals surface area contributed by atoms with Crippen molar-refractivity contribution in [2.75, 3.05) is 0 Å². The van der Waals surface area contributed by atoms with Crippen molar-refractivity contribution in [1.29, 1.82) is 0 Å². The van der Waals surface area contributed by atoms with Crippen molar-refractivity contribution in [1.82, 2.24) is 0 Å². The van der Waals surface area contributed by atoms with E-state index in [1.807, 2.05) is 19.1 Å². The van der Waals surface area contributed by atoms with Crippen molar-refractivity contribution >= 4 is 12.1 Å². The number of hydrogen-bond acceptors (Lipinski definition) is 1. The van der Waals surface area contributed by atoms with Gasteiger partial charge in [0.25, 0.3) is 0 Å². The molecule has 0 spiro atoms. The highest BCUT2D eigenvalue weighted by Crippen LogP contribution is 2.41. The molecule has 2 aliphatic rings. The Bertz CT molecular complexity index is 397. The van der Waals surface area contributed by atoms with E-state index >= 15 is 0 Å². The molecule has 0 unspecified atom stereocenters. The van der Waals surface area contributed by atoms with Gasteiger partial charge in [0.2, 0.25) is 0 Å². The fourth-order valence-corrected chi connectivity index (χ4v) is 2.59. The third kappa shape index (κ3) is 2.25. The van der Waals surface area contributed by atoms with Crippen molar-refractivity contribution in [2.45, 2.75) is 33.1 Å². The highest BCUT2D eigenvalue weighted by atomic mass is 32.2. The van der Waals surface area contributed by atoms with E-state index in [1.165, 1.54) is 22.3 Å². The molecule has 80 valence electrons. The van der Waals surface area contributed by atoms with Gasteiger partial charge in [0, 0.05) is 4.91 Å². The third-order valence-electron chi connectivity index (χ3n) is 2.94. The molecule has 2 heteroatoms. The predicted octanol–water partition coefficient (Wildman–Crippen LogP) is 4.87. The van der Waals surface area contributed by atoms with Gasteiger partial charge in [0.1, 0.15) is 0 Å². The summed E-state index contributed by atoms with van der Waals surface area (Å²) in [7, 11) is 0. The molecule has 15 heavy (non-hydrogen) atoms. The molecule has 0 aliphatic heterocycles. The third-order valence-corrected chi connectivity index (χ3v) is 3.48. The lowest BCUT2D eigenvalue weighted by atomic mass is 10.1. The molecule has 0 radical (unpaired) electrons. The summed E-state index contributed by atoms with van der Waals surface area (Å²) in [6.45, 7) is 4.05. The number of rotatable bonds is 2. The molecule has 0 amide bonds. The summed E-state index contributed by atoms with van der Waals surface area (Å²) in [5.41, 5.74) is 5.82. The number of allylic oxidation sites excluding steroid dienone is 7. The molecule has 0 saturated heterocycles. The van der Waals surface area contributed by atoms with E-state index in [9.17, 15) is 3.89 Å². The maximum atomic E-state index is 12.4. The molecule has 0 aromatic rings. The van der Waals surface area contributed by atoms with E-state index in [-0.39, 0.29) is 0 Å². The van der Waals surface area contributed by atoms with Gasteiger partial charge >= 0.3 is 0 Å². The quantitative estimate of drug-likeness (QED) is 0.642. The lowest BCUT2D eigenvalue weighted by molar-refractivity contribution is 0.944. The van der Waals surface area contributed by atoms with E-state index in [2.05, 4.69) is 13.0 Å². The second kappa shape index (κ2) is 4.40. The minimum absolute atomic E-state index is 0.336. The predicted molar refractivity (Wildman–Crippen MR) is 65.2 cm³/mol. The molecule has 2 rings (SSSR count). The minimum atomic E-state index is 0.336. The van der Waals surface area contributed by atoms with Crippen molar-refractivity contribution < 1.29 is 3.89 Å². The Kier molecular flexibility index (Phi) is 3.15. The average Bonchev–Trinajstić information content (AvgIpc) is 2.70. The highest BCUT2D eigenvalue weighted by molar-refractivity contribution is 7.98. The van der Waals surface area contributed by atoms with E-state index in [0.717, 1.165) is 24.2 Å². The molecular formula is C13H15FS. The molecule has 0 N–H and O–H groups in total. The number of hydrogen-bond donors (Lipinski definition) is 0. The Morgan fingerprint density at radius 3 is 2.80 bits per heavy atom. The first kappa shape index (κ1) is 10.7. The summed E-state index contributed by atoms with van der Waals surface area (Å²) < 4.78 is 12.4. The lowest BCUT2D eigenvalue weighted by Crippen LogP contribution is -1.81. The Labute approximate surface area is 94.9 Å². The van der Waals surface area contributed by atoms with Gasteiger partial charge in [-0.2, -0.15) is 3.89 Å². The van der Waals surface area contributed by atoms with Gasteiger partial charge in [-0.1, -0.05) is 28.9 Å². The van der Waals surface area contributed by atoms with Crippen LogP contribution in [0.25, 0.3) is 0 Å². The molecular weight excluding hydrogens is 207 g/mol. The van der Waals surface area contributed by atoms with Crippen LogP contribution in [-0.2, 0) is 0 Å². The smallest absolute Gasteiger partial charge is 0.0808 e. The zero-order valence-corrected chi connectivity index (χ0v) is 9.96. The van der Waals surface area contributed by atoms with Crippen LogP contribution < -0.4 is 0 Å². The van der Waals surface area contributed by atoms with Crippen LogP contribution in [0.1, 0.15) is 33.1 Å². The van der Waals surface area contributed by atoms with Gasteiger partial charge in [-0.3, -0.25) is 0 Å². The maximum absolute atomic E-state index is 12.4. The minimum Gasteiger partial charge on any atom is -0.160 e. The highest BCUT2D eigenvalue weighted by Gasteiger charge is 2.21. The average molecular weight is 222 g/mol. The second-order valence-electron chi connectivity index (χ2n) is 4.22. The lowest BCUT2D eigenvalue weighted by Gasteiger charge is -2.01. The van der Waals surface area contributed by atoms with Crippen LogP contribution in [0.2, 0.25) is 0 Å².